The van der Waals surface area contributed by atoms with Crippen molar-refractivity contribution in [2.24, 2.45) is 0 Å². The minimum atomic E-state index is -0.274. The number of aromatic amines is 1. The maximum atomic E-state index is 12.2. The van der Waals surface area contributed by atoms with Gasteiger partial charge in [0, 0.05) is 6.42 Å². The first kappa shape index (κ1) is 15.9. The fourth-order valence-electron chi connectivity index (χ4n) is 2.61. The molecule has 124 valence electrons. The third-order valence-electron chi connectivity index (χ3n) is 3.86. The first-order chi connectivity index (χ1) is 11.7. The van der Waals surface area contributed by atoms with Gasteiger partial charge in [-0.15, -0.1) is 0 Å². The van der Waals surface area contributed by atoms with Crippen molar-refractivity contribution in [2.45, 2.75) is 12.8 Å². The molecule has 0 aliphatic rings. The number of aromatic nitrogens is 3. The largest absolute Gasteiger partial charge is 0.497 e. The van der Waals surface area contributed by atoms with E-state index in [0.717, 1.165) is 17.7 Å². The minimum Gasteiger partial charge on any atom is -0.497 e. The molecule has 0 aliphatic carbocycles. The number of rotatable bonds is 6. The van der Waals surface area contributed by atoms with Crippen molar-refractivity contribution in [2.75, 3.05) is 14.2 Å². The van der Waals surface area contributed by atoms with E-state index in [1.807, 2.05) is 48.5 Å². The standard InChI is InChI=1S/C18H19N3O3/c1-23-14-10-7-13(8-11-14)9-12-17-19-20-18(22)21(17)15-5-3-4-6-16(15)24-2/h3-8,10-11H,9,12H2,1-2H3,(H,20,22). The lowest BCUT2D eigenvalue weighted by Gasteiger charge is -2.10. The highest BCUT2D eigenvalue weighted by Gasteiger charge is 2.14. The molecular formula is C18H19N3O3. The number of methoxy groups -OCH3 is 2. The summed E-state index contributed by atoms with van der Waals surface area (Å²) in [6, 6.07) is 15.3. The van der Waals surface area contributed by atoms with Gasteiger partial charge in [0.2, 0.25) is 0 Å². The zero-order valence-corrected chi connectivity index (χ0v) is 13.7. The van der Waals surface area contributed by atoms with Gasteiger partial charge in [0.15, 0.2) is 0 Å². The topological polar surface area (TPSA) is 69.1 Å². The predicted octanol–water partition coefficient (Wildman–Crippen LogP) is 2.36. The van der Waals surface area contributed by atoms with Gasteiger partial charge in [-0.3, -0.25) is 0 Å². The number of nitrogens with one attached hydrogen (secondary N) is 1. The van der Waals surface area contributed by atoms with Gasteiger partial charge < -0.3 is 9.47 Å². The van der Waals surface area contributed by atoms with Crippen LogP contribution in [-0.2, 0) is 12.8 Å². The Bertz CT molecular complexity index is 866. The van der Waals surface area contributed by atoms with Crippen LogP contribution in [0.2, 0.25) is 0 Å². The highest BCUT2D eigenvalue weighted by Crippen LogP contribution is 2.22. The van der Waals surface area contributed by atoms with E-state index in [2.05, 4.69) is 10.2 Å². The molecule has 3 aromatic rings. The smallest absolute Gasteiger partial charge is 0.348 e. The Labute approximate surface area is 139 Å². The van der Waals surface area contributed by atoms with Crippen LogP contribution < -0.4 is 15.2 Å². The number of benzene rings is 2. The third-order valence-corrected chi connectivity index (χ3v) is 3.86. The quantitative estimate of drug-likeness (QED) is 0.755. The molecule has 0 fully saturated rings. The summed E-state index contributed by atoms with van der Waals surface area (Å²) in [6.45, 7) is 0. The van der Waals surface area contributed by atoms with Crippen LogP contribution in [0.3, 0.4) is 0 Å². The van der Waals surface area contributed by atoms with Crippen LogP contribution >= 0.6 is 0 Å². The summed E-state index contributed by atoms with van der Waals surface area (Å²) >= 11 is 0. The number of nitrogens with zero attached hydrogens (tertiary/aromatic N) is 2. The van der Waals surface area contributed by atoms with Crippen molar-refractivity contribution in [1.82, 2.24) is 14.8 Å². The fraction of sp³-hybridized carbons (Fsp3) is 0.222. The van der Waals surface area contributed by atoms with Crippen molar-refractivity contribution in [3.63, 3.8) is 0 Å². The van der Waals surface area contributed by atoms with Crippen molar-refractivity contribution in [3.8, 4) is 17.2 Å². The molecule has 0 spiro atoms. The lowest BCUT2D eigenvalue weighted by Crippen LogP contribution is -2.18. The predicted molar refractivity (Wildman–Crippen MR) is 91.1 cm³/mol. The van der Waals surface area contributed by atoms with Gasteiger partial charge in [-0.25, -0.2) is 14.5 Å². The number of para-hydroxylation sites is 2. The maximum absolute atomic E-state index is 12.2. The van der Waals surface area contributed by atoms with Gasteiger partial charge in [-0.05, 0) is 36.2 Å². The SMILES string of the molecule is COc1ccc(CCc2n[nH]c(=O)n2-c2ccccc2OC)cc1. The molecule has 6 nitrogen and oxygen atoms in total. The highest BCUT2D eigenvalue weighted by molar-refractivity contribution is 5.47. The van der Waals surface area contributed by atoms with E-state index < -0.39 is 0 Å². The summed E-state index contributed by atoms with van der Waals surface area (Å²) in [5, 5.41) is 6.68. The monoisotopic (exact) mass is 325 g/mol. The lowest BCUT2D eigenvalue weighted by molar-refractivity contribution is 0.412. The first-order valence-electron chi connectivity index (χ1n) is 7.65. The lowest BCUT2D eigenvalue weighted by atomic mass is 10.1. The van der Waals surface area contributed by atoms with E-state index in [4.69, 9.17) is 9.47 Å². The van der Waals surface area contributed by atoms with Gasteiger partial charge in [0.1, 0.15) is 17.3 Å². The average Bonchev–Trinajstić information content (AvgIpc) is 3.00. The van der Waals surface area contributed by atoms with Crippen LogP contribution in [0.4, 0.5) is 0 Å². The molecule has 24 heavy (non-hydrogen) atoms. The average molecular weight is 325 g/mol. The van der Waals surface area contributed by atoms with E-state index in [0.29, 0.717) is 23.7 Å². The van der Waals surface area contributed by atoms with Crippen molar-refractivity contribution < 1.29 is 9.47 Å². The molecule has 6 heteroatoms. The third kappa shape index (κ3) is 3.17. The summed E-state index contributed by atoms with van der Waals surface area (Å²) in [6.07, 6.45) is 1.40. The number of hydrogen-bond donors (Lipinski definition) is 1. The second-order valence-corrected chi connectivity index (χ2v) is 5.30. The molecule has 1 heterocycles. The van der Waals surface area contributed by atoms with Crippen molar-refractivity contribution in [1.29, 1.82) is 0 Å². The van der Waals surface area contributed by atoms with E-state index in [-0.39, 0.29) is 5.69 Å². The minimum absolute atomic E-state index is 0.274. The molecule has 0 atom stereocenters. The molecule has 0 saturated carbocycles. The molecule has 0 aliphatic heterocycles. The van der Waals surface area contributed by atoms with Crippen LogP contribution in [0.1, 0.15) is 11.4 Å². The summed E-state index contributed by atoms with van der Waals surface area (Å²) in [4.78, 5) is 12.2. The molecule has 0 unspecified atom stereocenters. The number of H-pyrrole nitrogens is 1. The Kier molecular flexibility index (Phi) is 4.65. The van der Waals surface area contributed by atoms with Crippen molar-refractivity contribution >= 4 is 0 Å². The Morgan fingerprint density at radius 1 is 1.00 bits per heavy atom. The molecule has 1 N–H and O–H groups in total. The summed E-state index contributed by atoms with van der Waals surface area (Å²) in [5.41, 5.74) is 1.56. The Hall–Kier alpha value is -3.02. The molecule has 0 saturated heterocycles. The Morgan fingerprint density at radius 2 is 1.75 bits per heavy atom. The molecule has 0 bridgehead atoms. The van der Waals surface area contributed by atoms with Crippen LogP contribution in [0.5, 0.6) is 11.5 Å². The fourth-order valence-corrected chi connectivity index (χ4v) is 2.61. The second-order valence-electron chi connectivity index (χ2n) is 5.30. The summed E-state index contributed by atoms with van der Waals surface area (Å²) in [5.74, 6) is 2.12. The number of hydrogen-bond acceptors (Lipinski definition) is 4. The Balaban J connectivity index is 1.86. The van der Waals surface area contributed by atoms with E-state index >= 15 is 0 Å². The van der Waals surface area contributed by atoms with Gasteiger partial charge >= 0.3 is 5.69 Å². The van der Waals surface area contributed by atoms with Crippen LogP contribution in [0.25, 0.3) is 5.69 Å². The first-order valence-corrected chi connectivity index (χ1v) is 7.65. The van der Waals surface area contributed by atoms with E-state index in [1.54, 1.807) is 18.8 Å². The number of aryl methyl sites for hydroxylation is 2. The molecule has 2 aromatic carbocycles. The molecule has 3 rings (SSSR count). The summed E-state index contributed by atoms with van der Waals surface area (Å²) < 4.78 is 12.1. The van der Waals surface area contributed by atoms with E-state index in [9.17, 15) is 4.79 Å². The normalized spacial score (nSPS) is 10.6. The van der Waals surface area contributed by atoms with Gasteiger partial charge in [0.05, 0.1) is 19.9 Å². The zero-order valence-electron chi connectivity index (χ0n) is 13.7. The molecular weight excluding hydrogens is 306 g/mol. The van der Waals surface area contributed by atoms with Gasteiger partial charge in [-0.2, -0.15) is 5.10 Å². The number of ether oxygens (including phenoxy) is 2. The van der Waals surface area contributed by atoms with Crippen LogP contribution in [-0.4, -0.2) is 29.0 Å². The second kappa shape index (κ2) is 7.04. The van der Waals surface area contributed by atoms with Crippen molar-refractivity contribution in [3.05, 3.63) is 70.4 Å². The van der Waals surface area contributed by atoms with Crippen LogP contribution in [0.15, 0.2) is 53.3 Å². The Morgan fingerprint density at radius 3 is 2.46 bits per heavy atom. The molecule has 1 aromatic heterocycles. The van der Waals surface area contributed by atoms with Gasteiger partial charge in [-0.1, -0.05) is 24.3 Å². The van der Waals surface area contributed by atoms with Crippen LogP contribution in [0, 0.1) is 0 Å². The van der Waals surface area contributed by atoms with E-state index in [1.165, 1.54) is 0 Å². The highest BCUT2D eigenvalue weighted by atomic mass is 16.5. The molecule has 0 radical (unpaired) electrons. The molecule has 0 amide bonds. The summed E-state index contributed by atoms with van der Waals surface area (Å²) in [7, 11) is 3.23. The zero-order chi connectivity index (χ0) is 16.9. The van der Waals surface area contributed by atoms with Gasteiger partial charge in [0.25, 0.3) is 0 Å². The maximum Gasteiger partial charge on any atom is 0.348 e.